The summed E-state index contributed by atoms with van der Waals surface area (Å²) in [5, 5.41) is 2.84. The van der Waals surface area contributed by atoms with Crippen molar-refractivity contribution >= 4 is 22.6 Å². The molecule has 2 aromatic carbocycles. The molecule has 0 aliphatic carbocycles. The van der Waals surface area contributed by atoms with Gasteiger partial charge in [0.15, 0.2) is 0 Å². The van der Waals surface area contributed by atoms with Crippen LogP contribution in [-0.4, -0.2) is 39.8 Å². The van der Waals surface area contributed by atoms with E-state index >= 15 is 0 Å². The molecule has 0 radical (unpaired) electrons. The van der Waals surface area contributed by atoms with Gasteiger partial charge in [-0.25, -0.2) is 0 Å². The van der Waals surface area contributed by atoms with Crippen molar-refractivity contribution in [3.8, 4) is 0 Å². The lowest BCUT2D eigenvalue weighted by Gasteiger charge is -2.17. The molecule has 1 N–H and O–H groups in total. The Morgan fingerprint density at radius 1 is 1.15 bits per heavy atom. The van der Waals surface area contributed by atoms with Gasteiger partial charge in [0.1, 0.15) is 6.04 Å². The van der Waals surface area contributed by atoms with E-state index in [1.165, 1.54) is 0 Å². The number of carbonyl (C=O) groups excluding carboxylic acids is 2. The summed E-state index contributed by atoms with van der Waals surface area (Å²) >= 11 is 0. The normalized spacial score (nSPS) is 18.0. The number of rotatable bonds is 6. The van der Waals surface area contributed by atoms with Gasteiger partial charge >= 0.3 is 0 Å². The highest BCUT2D eigenvalue weighted by Crippen LogP contribution is 2.16. The number of nitrogens with zero attached hydrogens (tertiary/aromatic N) is 1. The van der Waals surface area contributed by atoms with Crippen molar-refractivity contribution in [1.82, 2.24) is 10.2 Å². The van der Waals surface area contributed by atoms with Gasteiger partial charge in [-0.1, -0.05) is 42.5 Å². The summed E-state index contributed by atoms with van der Waals surface area (Å²) in [4.78, 5) is 26.8. The minimum Gasteiger partial charge on any atom is -0.340 e. The molecule has 6 heteroatoms. The topological polar surface area (TPSA) is 66.5 Å². The maximum atomic E-state index is 12.6. The number of hydrogen-bond donors (Lipinski definition) is 1. The first kappa shape index (κ1) is 18.3. The molecular weight excluding hydrogens is 348 g/mol. The highest BCUT2D eigenvalue weighted by Gasteiger charge is 2.32. The molecular formula is C20H22N2O3S. The Balaban J connectivity index is 1.61. The first-order valence-electron chi connectivity index (χ1n) is 8.55. The van der Waals surface area contributed by atoms with Crippen LogP contribution >= 0.6 is 0 Å². The van der Waals surface area contributed by atoms with Gasteiger partial charge in [0, 0.05) is 41.5 Å². The van der Waals surface area contributed by atoms with Crippen LogP contribution in [0.25, 0.3) is 0 Å². The van der Waals surface area contributed by atoms with Crippen LogP contribution in [0.15, 0.2) is 54.6 Å². The number of nitrogens with one attached hydrogen (secondary N) is 1. The van der Waals surface area contributed by atoms with E-state index < -0.39 is 16.8 Å². The summed E-state index contributed by atoms with van der Waals surface area (Å²) in [5.74, 6) is 0.0931. The average molecular weight is 370 g/mol. The Labute approximate surface area is 155 Å². The van der Waals surface area contributed by atoms with Gasteiger partial charge in [0.2, 0.25) is 5.91 Å². The lowest BCUT2D eigenvalue weighted by molar-refractivity contribution is -0.129. The Morgan fingerprint density at radius 3 is 2.62 bits per heavy atom. The molecule has 3 rings (SSSR count). The van der Waals surface area contributed by atoms with E-state index in [9.17, 15) is 13.8 Å². The van der Waals surface area contributed by atoms with Gasteiger partial charge in [-0.05, 0) is 29.7 Å². The molecule has 1 heterocycles. The number of likely N-dealkylation sites (tertiary alicyclic amines) is 1. The summed E-state index contributed by atoms with van der Waals surface area (Å²) in [7, 11) is -0.965. The van der Waals surface area contributed by atoms with Crippen LogP contribution in [-0.2, 0) is 27.9 Å². The van der Waals surface area contributed by atoms with E-state index in [0.29, 0.717) is 30.8 Å². The highest BCUT2D eigenvalue weighted by atomic mass is 32.2. The maximum Gasteiger partial charge on any atom is 0.251 e. The molecule has 0 bridgehead atoms. The Kier molecular flexibility index (Phi) is 5.83. The van der Waals surface area contributed by atoms with Gasteiger partial charge < -0.3 is 10.2 Å². The van der Waals surface area contributed by atoms with Crippen LogP contribution < -0.4 is 5.32 Å². The van der Waals surface area contributed by atoms with Crippen molar-refractivity contribution in [3.05, 3.63) is 71.3 Å². The third-order valence-corrected chi connectivity index (χ3v) is 5.12. The van der Waals surface area contributed by atoms with E-state index in [1.807, 2.05) is 36.4 Å². The molecule has 1 aliphatic heterocycles. The van der Waals surface area contributed by atoms with E-state index in [1.54, 1.807) is 29.4 Å². The van der Waals surface area contributed by atoms with Gasteiger partial charge in [0.05, 0.1) is 0 Å². The zero-order valence-electron chi connectivity index (χ0n) is 14.7. The minimum atomic E-state index is -0.965. The number of carbonyl (C=O) groups is 2. The fourth-order valence-corrected chi connectivity index (χ4v) is 3.76. The van der Waals surface area contributed by atoms with Crippen molar-refractivity contribution in [2.24, 2.45) is 0 Å². The summed E-state index contributed by atoms with van der Waals surface area (Å²) in [6.45, 7) is 1.19. The SMILES string of the molecule is C[S@@](=O)Cc1cccc(C(=O)N[C@H]2CCN(Cc3ccccc3)C2=O)c1. The smallest absolute Gasteiger partial charge is 0.251 e. The van der Waals surface area contributed by atoms with Crippen molar-refractivity contribution in [2.45, 2.75) is 24.8 Å². The molecule has 2 aromatic rings. The van der Waals surface area contributed by atoms with Crippen LogP contribution in [0.2, 0.25) is 0 Å². The van der Waals surface area contributed by atoms with Crippen LogP contribution in [0.3, 0.4) is 0 Å². The summed E-state index contributed by atoms with van der Waals surface area (Å²) in [6, 6.07) is 16.4. The second kappa shape index (κ2) is 8.27. The molecule has 0 spiro atoms. The zero-order chi connectivity index (χ0) is 18.5. The van der Waals surface area contributed by atoms with Crippen molar-refractivity contribution in [3.63, 3.8) is 0 Å². The molecule has 26 heavy (non-hydrogen) atoms. The second-order valence-electron chi connectivity index (χ2n) is 6.48. The molecule has 0 aromatic heterocycles. The molecule has 1 saturated heterocycles. The van der Waals surface area contributed by atoms with Crippen LogP contribution in [0.4, 0.5) is 0 Å². The van der Waals surface area contributed by atoms with Gasteiger partial charge in [0.25, 0.3) is 5.91 Å². The third-order valence-electron chi connectivity index (χ3n) is 4.38. The van der Waals surface area contributed by atoms with E-state index in [0.717, 1.165) is 11.1 Å². The lowest BCUT2D eigenvalue weighted by atomic mass is 10.1. The molecule has 5 nitrogen and oxygen atoms in total. The third kappa shape index (κ3) is 4.58. The maximum absolute atomic E-state index is 12.6. The molecule has 2 atom stereocenters. The summed E-state index contributed by atoms with van der Waals surface area (Å²) in [5.41, 5.74) is 2.41. The molecule has 2 amide bonds. The highest BCUT2D eigenvalue weighted by molar-refractivity contribution is 7.83. The molecule has 136 valence electrons. The Bertz CT molecular complexity index is 823. The minimum absolute atomic E-state index is 0.0481. The fourth-order valence-electron chi connectivity index (χ4n) is 3.11. The van der Waals surface area contributed by atoms with Gasteiger partial charge in [-0.15, -0.1) is 0 Å². The lowest BCUT2D eigenvalue weighted by Crippen LogP contribution is -2.41. The standard InChI is InChI=1S/C20H22N2O3S/c1-26(25)14-16-8-5-9-17(12-16)19(23)21-18-10-11-22(20(18)24)13-15-6-3-2-4-7-15/h2-9,12,18H,10-11,13-14H2,1H3,(H,21,23)/t18-,26+/m0/s1. The summed E-state index contributed by atoms with van der Waals surface area (Å²) < 4.78 is 11.4. The molecule has 1 aliphatic rings. The monoisotopic (exact) mass is 370 g/mol. The van der Waals surface area contributed by atoms with Crippen LogP contribution in [0.5, 0.6) is 0 Å². The van der Waals surface area contributed by atoms with Crippen LogP contribution in [0.1, 0.15) is 27.9 Å². The largest absolute Gasteiger partial charge is 0.340 e. The van der Waals surface area contributed by atoms with E-state index in [-0.39, 0.29) is 11.8 Å². The zero-order valence-corrected chi connectivity index (χ0v) is 15.5. The van der Waals surface area contributed by atoms with Crippen LogP contribution in [0, 0.1) is 0 Å². The first-order chi connectivity index (χ1) is 12.5. The van der Waals surface area contributed by atoms with Crippen molar-refractivity contribution in [1.29, 1.82) is 0 Å². The van der Waals surface area contributed by atoms with E-state index in [4.69, 9.17) is 0 Å². The average Bonchev–Trinajstić information content (AvgIpc) is 2.95. The molecule has 1 fully saturated rings. The quantitative estimate of drug-likeness (QED) is 0.847. The number of benzene rings is 2. The van der Waals surface area contributed by atoms with E-state index in [2.05, 4.69) is 5.32 Å². The first-order valence-corrected chi connectivity index (χ1v) is 10.3. The van der Waals surface area contributed by atoms with Crippen molar-refractivity contribution in [2.75, 3.05) is 12.8 Å². The Morgan fingerprint density at radius 2 is 1.88 bits per heavy atom. The predicted molar refractivity (Wildman–Crippen MR) is 102 cm³/mol. The number of amides is 2. The predicted octanol–water partition coefficient (Wildman–Crippen LogP) is 2.10. The van der Waals surface area contributed by atoms with Gasteiger partial charge in [-0.2, -0.15) is 0 Å². The fraction of sp³-hybridized carbons (Fsp3) is 0.300. The molecule has 0 saturated carbocycles. The second-order valence-corrected chi connectivity index (χ2v) is 7.91. The molecule has 0 unspecified atom stereocenters. The van der Waals surface area contributed by atoms with Gasteiger partial charge in [-0.3, -0.25) is 13.8 Å². The Hall–Kier alpha value is -2.47. The van der Waals surface area contributed by atoms with Crippen molar-refractivity contribution < 1.29 is 13.8 Å². The summed E-state index contributed by atoms with van der Waals surface area (Å²) in [6.07, 6.45) is 2.24. The number of hydrogen-bond acceptors (Lipinski definition) is 3.